The fourth-order valence-electron chi connectivity index (χ4n) is 2.26. The fourth-order valence-corrected chi connectivity index (χ4v) is 2.58. The molecule has 1 aromatic carbocycles. The summed E-state index contributed by atoms with van der Waals surface area (Å²) in [6, 6.07) is 0. The summed E-state index contributed by atoms with van der Waals surface area (Å²) < 4.78 is 5.37. The fraction of sp³-hybridized carbons (Fsp3) is 0.562. The van der Waals surface area contributed by atoms with Gasteiger partial charge >= 0.3 is 5.97 Å². The molecule has 0 saturated carbocycles. The monoisotopic (exact) mass is 312 g/mol. The summed E-state index contributed by atoms with van der Waals surface area (Å²) in [5.74, 6) is -0.379. The first-order chi connectivity index (χ1) is 9.84. The number of nitrogen functional groups attached to an aromatic ring is 1. The van der Waals surface area contributed by atoms with E-state index >= 15 is 0 Å². The summed E-state index contributed by atoms with van der Waals surface area (Å²) in [6.07, 6.45) is 0. The van der Waals surface area contributed by atoms with Crippen molar-refractivity contribution in [1.29, 1.82) is 0 Å². The number of esters is 1. The molecular formula is C16H25ClN2O2. The predicted molar refractivity (Wildman–Crippen MR) is 88.1 cm³/mol. The molecule has 118 valence electrons. The van der Waals surface area contributed by atoms with Crippen molar-refractivity contribution in [2.75, 3.05) is 32.0 Å². The van der Waals surface area contributed by atoms with Crippen LogP contribution in [0.2, 0.25) is 5.02 Å². The van der Waals surface area contributed by atoms with Gasteiger partial charge in [0.25, 0.3) is 0 Å². The Morgan fingerprint density at radius 2 is 1.71 bits per heavy atom. The van der Waals surface area contributed by atoms with Crippen LogP contribution in [0.3, 0.4) is 0 Å². The van der Waals surface area contributed by atoms with Crippen molar-refractivity contribution in [3.05, 3.63) is 27.3 Å². The van der Waals surface area contributed by atoms with E-state index in [4.69, 9.17) is 22.1 Å². The second-order valence-electron chi connectivity index (χ2n) is 5.14. The Morgan fingerprint density at radius 3 is 2.24 bits per heavy atom. The first-order valence-corrected chi connectivity index (χ1v) is 7.67. The van der Waals surface area contributed by atoms with E-state index in [0.717, 1.165) is 36.3 Å². The minimum absolute atomic E-state index is 0.360. The predicted octanol–water partition coefficient (Wildman–Crippen LogP) is 3.35. The highest BCUT2D eigenvalue weighted by Gasteiger charge is 2.21. The van der Waals surface area contributed by atoms with Crippen molar-refractivity contribution in [2.24, 2.45) is 0 Å². The number of rotatable bonds is 6. The number of likely N-dealkylation sites (N-methyl/N-ethyl adjacent to an activating group) is 1. The Hall–Kier alpha value is -1.26. The zero-order valence-electron chi connectivity index (χ0n) is 13.5. The average Bonchev–Trinajstić information content (AvgIpc) is 2.47. The van der Waals surface area contributed by atoms with E-state index in [2.05, 4.69) is 18.7 Å². The standard InChI is InChI=1S/C16H25ClN2O2/c1-6-19(7-2)8-9-21-16(20)13-10(3)11(4)15(18)12(5)14(13)17/h6-9,18H2,1-5H3. The van der Waals surface area contributed by atoms with Crippen LogP contribution in [0.5, 0.6) is 0 Å². The van der Waals surface area contributed by atoms with Crippen LogP contribution in [0.15, 0.2) is 0 Å². The van der Waals surface area contributed by atoms with Crippen LogP contribution < -0.4 is 5.73 Å². The van der Waals surface area contributed by atoms with Crippen molar-refractivity contribution >= 4 is 23.3 Å². The van der Waals surface area contributed by atoms with Gasteiger partial charge in [-0.3, -0.25) is 0 Å². The van der Waals surface area contributed by atoms with Gasteiger partial charge in [-0.15, -0.1) is 0 Å². The molecule has 0 saturated heterocycles. The van der Waals surface area contributed by atoms with Crippen molar-refractivity contribution in [1.82, 2.24) is 4.90 Å². The lowest BCUT2D eigenvalue weighted by Gasteiger charge is -2.19. The molecule has 0 aliphatic carbocycles. The van der Waals surface area contributed by atoms with Crippen molar-refractivity contribution in [3.63, 3.8) is 0 Å². The van der Waals surface area contributed by atoms with E-state index in [1.54, 1.807) is 0 Å². The Morgan fingerprint density at radius 1 is 1.14 bits per heavy atom. The molecule has 0 aliphatic rings. The Bertz CT molecular complexity index is 496. The van der Waals surface area contributed by atoms with E-state index < -0.39 is 0 Å². The topological polar surface area (TPSA) is 55.6 Å². The quantitative estimate of drug-likeness (QED) is 0.646. The molecule has 0 spiro atoms. The van der Waals surface area contributed by atoms with Crippen molar-refractivity contribution in [2.45, 2.75) is 34.6 Å². The molecule has 0 fully saturated rings. The summed E-state index contributed by atoms with van der Waals surface area (Å²) in [7, 11) is 0. The van der Waals surface area contributed by atoms with Crippen LogP contribution in [-0.2, 0) is 4.74 Å². The molecule has 1 rings (SSSR count). The Labute approximate surface area is 132 Å². The van der Waals surface area contributed by atoms with E-state index in [0.29, 0.717) is 22.9 Å². The number of ether oxygens (including phenoxy) is 1. The molecule has 1 aromatic rings. The minimum Gasteiger partial charge on any atom is -0.461 e. The SMILES string of the molecule is CCN(CC)CCOC(=O)c1c(C)c(C)c(N)c(C)c1Cl. The zero-order chi connectivity index (χ0) is 16.2. The van der Waals surface area contributed by atoms with Crippen LogP contribution >= 0.6 is 11.6 Å². The second kappa shape index (κ2) is 7.66. The number of hydrogen-bond acceptors (Lipinski definition) is 4. The third kappa shape index (κ3) is 3.89. The van der Waals surface area contributed by atoms with Crippen LogP contribution in [-0.4, -0.2) is 37.1 Å². The molecule has 0 heterocycles. The van der Waals surface area contributed by atoms with Crippen LogP contribution in [0, 0.1) is 20.8 Å². The Balaban J connectivity index is 2.89. The molecular weight excluding hydrogens is 288 g/mol. The van der Waals surface area contributed by atoms with E-state index in [-0.39, 0.29) is 5.97 Å². The van der Waals surface area contributed by atoms with Crippen LogP contribution in [0.4, 0.5) is 5.69 Å². The first kappa shape index (κ1) is 17.8. The van der Waals surface area contributed by atoms with Gasteiger partial charge in [-0.25, -0.2) is 4.79 Å². The number of nitrogens with two attached hydrogens (primary N) is 1. The number of anilines is 1. The lowest BCUT2D eigenvalue weighted by molar-refractivity contribution is 0.0465. The van der Waals surface area contributed by atoms with Crippen molar-refractivity contribution < 1.29 is 9.53 Å². The second-order valence-corrected chi connectivity index (χ2v) is 5.52. The summed E-state index contributed by atoms with van der Waals surface area (Å²) in [5, 5.41) is 0.392. The lowest BCUT2D eigenvalue weighted by Crippen LogP contribution is -2.28. The Kier molecular flexibility index (Phi) is 6.49. The normalized spacial score (nSPS) is 11.0. The molecule has 0 atom stereocenters. The average molecular weight is 313 g/mol. The maximum atomic E-state index is 12.3. The molecule has 0 amide bonds. The number of halogens is 1. The molecule has 5 heteroatoms. The van der Waals surface area contributed by atoms with Gasteiger partial charge in [-0.2, -0.15) is 0 Å². The molecule has 0 bridgehead atoms. The molecule has 2 N–H and O–H groups in total. The molecule has 21 heavy (non-hydrogen) atoms. The smallest absolute Gasteiger partial charge is 0.339 e. The molecule has 0 radical (unpaired) electrons. The van der Waals surface area contributed by atoms with Gasteiger partial charge < -0.3 is 15.4 Å². The van der Waals surface area contributed by atoms with Gasteiger partial charge in [0.05, 0.1) is 10.6 Å². The van der Waals surface area contributed by atoms with E-state index in [9.17, 15) is 4.79 Å². The lowest BCUT2D eigenvalue weighted by atomic mass is 9.97. The molecule has 4 nitrogen and oxygen atoms in total. The maximum absolute atomic E-state index is 12.3. The van der Waals surface area contributed by atoms with Gasteiger partial charge in [0.2, 0.25) is 0 Å². The van der Waals surface area contributed by atoms with Gasteiger partial charge in [0.15, 0.2) is 0 Å². The number of benzene rings is 1. The van der Waals surface area contributed by atoms with Gasteiger partial charge in [-0.1, -0.05) is 25.4 Å². The van der Waals surface area contributed by atoms with E-state index in [1.807, 2.05) is 20.8 Å². The zero-order valence-corrected chi connectivity index (χ0v) is 14.3. The molecule has 0 unspecified atom stereocenters. The van der Waals surface area contributed by atoms with E-state index in [1.165, 1.54) is 0 Å². The third-order valence-electron chi connectivity index (χ3n) is 4.03. The summed E-state index contributed by atoms with van der Waals surface area (Å²) in [5.41, 5.74) is 9.45. The first-order valence-electron chi connectivity index (χ1n) is 7.29. The number of hydrogen-bond donors (Lipinski definition) is 1. The highest BCUT2D eigenvalue weighted by molar-refractivity contribution is 6.35. The number of carbonyl (C=O) groups is 1. The number of carbonyl (C=O) groups excluding carboxylic acids is 1. The van der Waals surface area contributed by atoms with Gasteiger partial charge in [0, 0.05) is 12.2 Å². The summed E-state index contributed by atoms with van der Waals surface area (Å²) in [4.78, 5) is 14.5. The third-order valence-corrected chi connectivity index (χ3v) is 4.51. The van der Waals surface area contributed by atoms with Gasteiger partial charge in [0.1, 0.15) is 6.61 Å². The maximum Gasteiger partial charge on any atom is 0.339 e. The molecule has 0 aromatic heterocycles. The minimum atomic E-state index is -0.379. The van der Waals surface area contributed by atoms with Gasteiger partial charge in [-0.05, 0) is 50.6 Å². The largest absolute Gasteiger partial charge is 0.461 e. The van der Waals surface area contributed by atoms with Crippen LogP contribution in [0.1, 0.15) is 40.9 Å². The highest BCUT2D eigenvalue weighted by Crippen LogP contribution is 2.32. The summed E-state index contributed by atoms with van der Waals surface area (Å²) in [6.45, 7) is 12.7. The molecule has 0 aliphatic heterocycles. The summed E-state index contributed by atoms with van der Waals surface area (Å²) >= 11 is 6.28. The highest BCUT2D eigenvalue weighted by atomic mass is 35.5. The number of nitrogens with zero attached hydrogens (tertiary/aromatic N) is 1. The van der Waals surface area contributed by atoms with Crippen LogP contribution in [0.25, 0.3) is 0 Å². The van der Waals surface area contributed by atoms with Crippen molar-refractivity contribution in [3.8, 4) is 0 Å².